The van der Waals surface area contributed by atoms with E-state index < -0.39 is 0 Å². The van der Waals surface area contributed by atoms with Gasteiger partial charge >= 0.3 is 0 Å². The third-order valence-corrected chi connectivity index (χ3v) is 3.75. The molecule has 1 heterocycles. The average Bonchev–Trinajstić information content (AvgIpc) is 2.37. The monoisotopic (exact) mass is 248 g/mol. The van der Waals surface area contributed by atoms with Gasteiger partial charge in [0.05, 0.1) is 12.3 Å². The lowest BCUT2D eigenvalue weighted by molar-refractivity contribution is 0.190. The summed E-state index contributed by atoms with van der Waals surface area (Å²) in [6.45, 7) is 6.19. The van der Waals surface area contributed by atoms with Gasteiger partial charge < -0.3 is 15.0 Å². The fourth-order valence-electron chi connectivity index (χ4n) is 2.51. The molecule has 1 aromatic rings. The first kappa shape index (κ1) is 13.2. The summed E-state index contributed by atoms with van der Waals surface area (Å²) in [7, 11) is 2.20. The van der Waals surface area contributed by atoms with Crippen LogP contribution in [-0.2, 0) is 0 Å². The third kappa shape index (κ3) is 3.16. The molecule has 1 aliphatic heterocycles. The Hall–Kier alpha value is -1.22. The predicted molar refractivity (Wildman–Crippen MR) is 76.3 cm³/mol. The summed E-state index contributed by atoms with van der Waals surface area (Å²) in [6, 6.07) is 9.42. The van der Waals surface area contributed by atoms with Gasteiger partial charge in [-0.25, -0.2) is 0 Å². The lowest BCUT2D eigenvalue weighted by atomic mass is 9.98. The van der Waals surface area contributed by atoms with Crippen LogP contribution < -0.4 is 10.1 Å². The number of benzene rings is 1. The number of rotatable bonds is 4. The third-order valence-electron chi connectivity index (χ3n) is 3.75. The topological polar surface area (TPSA) is 24.5 Å². The molecule has 1 N–H and O–H groups in total. The molecule has 0 bridgehead atoms. The number of piperidine rings is 1. The van der Waals surface area contributed by atoms with E-state index >= 15 is 0 Å². The zero-order valence-electron chi connectivity index (χ0n) is 11.6. The largest absolute Gasteiger partial charge is 0.492 e. The number of ether oxygens (including phenoxy) is 1. The first-order chi connectivity index (χ1) is 8.70. The average molecular weight is 248 g/mol. The smallest absolute Gasteiger partial charge is 0.142 e. The Morgan fingerprint density at radius 2 is 2.17 bits per heavy atom. The van der Waals surface area contributed by atoms with Crippen molar-refractivity contribution in [1.82, 2.24) is 4.90 Å². The number of hydrogen-bond donors (Lipinski definition) is 1. The molecule has 0 radical (unpaired) electrons. The van der Waals surface area contributed by atoms with Crippen LogP contribution in [0.3, 0.4) is 0 Å². The standard InChI is InChI=1S/C15H24N2O/c1-4-18-15-8-6-5-7-14(15)16-13-9-10-17(3)12(2)11-13/h5-8,12-13,16H,4,9-11H2,1-3H3. The van der Waals surface area contributed by atoms with Gasteiger partial charge in [-0.3, -0.25) is 0 Å². The van der Waals surface area contributed by atoms with E-state index in [1.807, 2.05) is 19.1 Å². The minimum absolute atomic E-state index is 0.554. The summed E-state index contributed by atoms with van der Waals surface area (Å²) in [5.74, 6) is 0.964. The van der Waals surface area contributed by atoms with E-state index in [-0.39, 0.29) is 0 Å². The number of anilines is 1. The normalized spacial score (nSPS) is 24.8. The van der Waals surface area contributed by atoms with Crippen molar-refractivity contribution >= 4 is 5.69 Å². The molecule has 18 heavy (non-hydrogen) atoms. The molecule has 2 atom stereocenters. The van der Waals surface area contributed by atoms with Crippen molar-refractivity contribution in [2.24, 2.45) is 0 Å². The van der Waals surface area contributed by atoms with Crippen LogP contribution >= 0.6 is 0 Å². The first-order valence-electron chi connectivity index (χ1n) is 6.89. The van der Waals surface area contributed by atoms with Crippen molar-refractivity contribution in [2.75, 3.05) is 25.5 Å². The highest BCUT2D eigenvalue weighted by Gasteiger charge is 2.23. The molecular formula is C15H24N2O. The summed E-state index contributed by atoms with van der Waals surface area (Å²) in [6.07, 6.45) is 2.39. The molecule has 0 saturated carbocycles. The van der Waals surface area contributed by atoms with Crippen LogP contribution in [0.4, 0.5) is 5.69 Å². The second-order valence-corrected chi connectivity index (χ2v) is 5.12. The second kappa shape index (κ2) is 6.10. The first-order valence-corrected chi connectivity index (χ1v) is 6.89. The molecule has 0 spiro atoms. The Morgan fingerprint density at radius 3 is 2.89 bits per heavy atom. The Labute approximate surface area is 110 Å². The molecule has 0 aromatic heterocycles. The van der Waals surface area contributed by atoms with Crippen molar-refractivity contribution in [2.45, 2.75) is 38.8 Å². The van der Waals surface area contributed by atoms with Crippen LogP contribution in [0.25, 0.3) is 0 Å². The van der Waals surface area contributed by atoms with Gasteiger partial charge in [-0.05, 0) is 45.9 Å². The molecule has 3 heteroatoms. The molecule has 2 rings (SSSR count). The maximum Gasteiger partial charge on any atom is 0.142 e. The van der Waals surface area contributed by atoms with Gasteiger partial charge in [-0.2, -0.15) is 0 Å². The van der Waals surface area contributed by atoms with Crippen LogP contribution in [0.1, 0.15) is 26.7 Å². The Bertz CT molecular complexity index is 381. The highest BCUT2D eigenvalue weighted by molar-refractivity contribution is 5.56. The van der Waals surface area contributed by atoms with Crippen molar-refractivity contribution in [3.63, 3.8) is 0 Å². The lowest BCUT2D eigenvalue weighted by Gasteiger charge is -2.36. The van der Waals surface area contributed by atoms with Crippen LogP contribution in [0.5, 0.6) is 5.75 Å². The summed E-state index contributed by atoms with van der Waals surface area (Å²) < 4.78 is 5.65. The second-order valence-electron chi connectivity index (χ2n) is 5.12. The number of nitrogens with one attached hydrogen (secondary N) is 1. The molecule has 3 nitrogen and oxygen atoms in total. The molecular weight excluding hydrogens is 224 g/mol. The van der Waals surface area contributed by atoms with Gasteiger partial charge in [0.25, 0.3) is 0 Å². The SMILES string of the molecule is CCOc1ccccc1NC1CCN(C)C(C)C1. The van der Waals surface area contributed by atoms with E-state index in [1.54, 1.807) is 0 Å². The molecule has 2 unspecified atom stereocenters. The van der Waals surface area contributed by atoms with Crippen molar-refractivity contribution in [3.05, 3.63) is 24.3 Å². The minimum atomic E-state index is 0.554. The highest BCUT2D eigenvalue weighted by atomic mass is 16.5. The van der Waals surface area contributed by atoms with Gasteiger partial charge in [-0.1, -0.05) is 12.1 Å². The molecule has 1 aromatic carbocycles. The fraction of sp³-hybridized carbons (Fsp3) is 0.600. The summed E-state index contributed by atoms with van der Waals surface area (Å²) in [4.78, 5) is 2.42. The highest BCUT2D eigenvalue weighted by Crippen LogP contribution is 2.27. The number of hydrogen-bond acceptors (Lipinski definition) is 3. The Balaban J connectivity index is 2.01. The van der Waals surface area contributed by atoms with Crippen molar-refractivity contribution in [1.29, 1.82) is 0 Å². The maximum absolute atomic E-state index is 5.65. The predicted octanol–water partition coefficient (Wildman–Crippen LogP) is 2.98. The molecule has 1 saturated heterocycles. The molecule has 0 aliphatic carbocycles. The summed E-state index contributed by atoms with van der Waals surface area (Å²) in [5.41, 5.74) is 1.13. The Kier molecular flexibility index (Phi) is 4.48. The summed E-state index contributed by atoms with van der Waals surface area (Å²) >= 11 is 0. The van der Waals surface area contributed by atoms with Gasteiger partial charge in [-0.15, -0.1) is 0 Å². The van der Waals surface area contributed by atoms with E-state index in [0.29, 0.717) is 18.7 Å². The van der Waals surface area contributed by atoms with Crippen LogP contribution in [-0.4, -0.2) is 37.2 Å². The van der Waals surface area contributed by atoms with Crippen molar-refractivity contribution in [3.8, 4) is 5.75 Å². The van der Waals surface area contributed by atoms with E-state index in [0.717, 1.165) is 18.0 Å². The van der Waals surface area contributed by atoms with Crippen molar-refractivity contribution < 1.29 is 4.74 Å². The zero-order chi connectivity index (χ0) is 13.0. The van der Waals surface area contributed by atoms with Gasteiger partial charge in [0.15, 0.2) is 0 Å². The van der Waals surface area contributed by atoms with Crippen LogP contribution in [0.2, 0.25) is 0 Å². The summed E-state index contributed by atoms with van der Waals surface area (Å²) in [5, 5.41) is 3.63. The lowest BCUT2D eigenvalue weighted by Crippen LogP contribution is -2.42. The zero-order valence-corrected chi connectivity index (χ0v) is 11.6. The van der Waals surface area contributed by atoms with E-state index in [9.17, 15) is 0 Å². The number of para-hydroxylation sites is 2. The van der Waals surface area contributed by atoms with Crippen LogP contribution in [0, 0.1) is 0 Å². The molecule has 100 valence electrons. The quantitative estimate of drug-likeness (QED) is 0.886. The number of nitrogens with zero attached hydrogens (tertiary/aromatic N) is 1. The molecule has 1 fully saturated rings. The van der Waals surface area contributed by atoms with Gasteiger partial charge in [0.1, 0.15) is 5.75 Å². The van der Waals surface area contributed by atoms with E-state index in [4.69, 9.17) is 4.74 Å². The maximum atomic E-state index is 5.65. The van der Waals surface area contributed by atoms with Gasteiger partial charge in [0, 0.05) is 18.6 Å². The van der Waals surface area contributed by atoms with Gasteiger partial charge in [0.2, 0.25) is 0 Å². The Morgan fingerprint density at radius 1 is 1.39 bits per heavy atom. The minimum Gasteiger partial charge on any atom is -0.492 e. The molecule has 1 aliphatic rings. The van der Waals surface area contributed by atoms with E-state index in [2.05, 4.69) is 36.3 Å². The van der Waals surface area contributed by atoms with Crippen LogP contribution in [0.15, 0.2) is 24.3 Å². The number of likely N-dealkylation sites (tertiary alicyclic amines) is 1. The fourth-order valence-corrected chi connectivity index (χ4v) is 2.51. The van der Waals surface area contributed by atoms with E-state index in [1.165, 1.54) is 12.8 Å². The molecule has 0 amide bonds.